The summed E-state index contributed by atoms with van der Waals surface area (Å²) in [6.45, 7) is 7.05. The zero-order chi connectivity index (χ0) is 25.1. The second kappa shape index (κ2) is 10.4. The molecule has 0 radical (unpaired) electrons. The standard InChI is InChI=1S/C27H31F2N5O/c1-3-6-23(34-14-13-24(35)20(31)15-34)21(4-2)32-26(16-9-10-16)27-19(30)11-12-22(33-27)25-17(28)7-5-8-18(25)29/h3-8,11-12,20,24,32,35H,2,9-10,13-15,30-31H2,1H3/b6-3-,23-21-/t20-,24+/m0/s1. The van der Waals surface area contributed by atoms with E-state index in [2.05, 4.69) is 21.8 Å². The highest BCUT2D eigenvalue weighted by Crippen LogP contribution is 2.38. The SMILES string of the molecule is C=C/C(NC(=C1CC1)c1nc(-c2c(F)cccc2F)ccc1N)=C(\C=C/C)N1CC[C@@H](O)[C@@H](N)C1. The van der Waals surface area contributed by atoms with Crippen LogP contribution in [0.15, 0.2) is 72.1 Å². The van der Waals surface area contributed by atoms with E-state index in [0.717, 1.165) is 29.8 Å². The number of pyridine rings is 1. The molecule has 8 heteroatoms. The van der Waals surface area contributed by atoms with Crippen LogP contribution in [-0.4, -0.2) is 40.2 Å². The van der Waals surface area contributed by atoms with Crippen molar-refractivity contribution in [2.24, 2.45) is 5.73 Å². The molecule has 1 aliphatic carbocycles. The lowest BCUT2D eigenvalue weighted by Crippen LogP contribution is -2.51. The molecule has 2 fully saturated rings. The first-order valence-electron chi connectivity index (χ1n) is 11.7. The van der Waals surface area contributed by atoms with Gasteiger partial charge in [-0.2, -0.15) is 0 Å². The number of rotatable bonds is 7. The summed E-state index contributed by atoms with van der Waals surface area (Å²) in [6.07, 6.45) is 7.36. The van der Waals surface area contributed by atoms with Gasteiger partial charge in [-0.15, -0.1) is 0 Å². The molecule has 4 rings (SSSR count). The summed E-state index contributed by atoms with van der Waals surface area (Å²) < 4.78 is 28.9. The maximum atomic E-state index is 14.5. The molecule has 35 heavy (non-hydrogen) atoms. The molecule has 0 unspecified atom stereocenters. The van der Waals surface area contributed by atoms with Gasteiger partial charge in [0.2, 0.25) is 0 Å². The highest BCUT2D eigenvalue weighted by atomic mass is 19.1. The summed E-state index contributed by atoms with van der Waals surface area (Å²) in [5.74, 6) is -1.38. The van der Waals surface area contributed by atoms with Crippen molar-refractivity contribution in [2.75, 3.05) is 18.8 Å². The number of halogens is 2. The summed E-state index contributed by atoms with van der Waals surface area (Å²) >= 11 is 0. The number of nitrogens with two attached hydrogens (primary N) is 2. The summed E-state index contributed by atoms with van der Waals surface area (Å²) in [6, 6.07) is 6.50. The van der Waals surface area contributed by atoms with E-state index in [4.69, 9.17) is 11.5 Å². The van der Waals surface area contributed by atoms with E-state index in [-0.39, 0.29) is 17.3 Å². The average Bonchev–Trinajstić information content (AvgIpc) is 3.67. The molecule has 2 atom stereocenters. The lowest BCUT2D eigenvalue weighted by molar-refractivity contribution is 0.0772. The molecule has 2 heterocycles. The zero-order valence-corrected chi connectivity index (χ0v) is 19.8. The quantitative estimate of drug-likeness (QED) is 0.447. The Labute approximate surface area is 204 Å². The molecular weight excluding hydrogens is 448 g/mol. The summed E-state index contributed by atoms with van der Waals surface area (Å²) in [5.41, 5.74) is 16.7. The smallest absolute Gasteiger partial charge is 0.135 e. The number of aromatic nitrogens is 1. The number of nitrogens with zero attached hydrogens (tertiary/aromatic N) is 2. The second-order valence-corrected chi connectivity index (χ2v) is 8.80. The molecule has 2 aromatic rings. The first-order valence-corrected chi connectivity index (χ1v) is 11.7. The van der Waals surface area contributed by atoms with Crippen molar-refractivity contribution >= 4 is 11.4 Å². The first kappa shape index (κ1) is 24.6. The Morgan fingerprint density at radius 3 is 2.54 bits per heavy atom. The maximum absolute atomic E-state index is 14.5. The van der Waals surface area contributed by atoms with Crippen LogP contribution in [0.2, 0.25) is 0 Å². The van der Waals surface area contributed by atoms with E-state index < -0.39 is 17.7 Å². The number of benzene rings is 1. The van der Waals surface area contributed by atoms with Crippen LogP contribution in [0.1, 0.15) is 31.9 Å². The van der Waals surface area contributed by atoms with Crippen LogP contribution in [0.25, 0.3) is 17.0 Å². The van der Waals surface area contributed by atoms with Crippen molar-refractivity contribution in [1.82, 2.24) is 15.2 Å². The molecule has 1 aromatic carbocycles. The van der Waals surface area contributed by atoms with Gasteiger partial charge in [-0.1, -0.05) is 18.7 Å². The Balaban J connectivity index is 1.76. The number of allylic oxidation sites excluding steroid dienone is 4. The molecule has 2 aliphatic rings. The molecule has 1 saturated heterocycles. The van der Waals surface area contributed by atoms with Crippen LogP contribution in [0.4, 0.5) is 14.5 Å². The highest BCUT2D eigenvalue weighted by Gasteiger charge is 2.28. The van der Waals surface area contributed by atoms with Gasteiger partial charge in [0.15, 0.2) is 0 Å². The molecule has 6 N–H and O–H groups in total. The number of anilines is 1. The topological polar surface area (TPSA) is 100 Å². The van der Waals surface area contributed by atoms with Crippen molar-refractivity contribution < 1.29 is 13.9 Å². The number of likely N-dealkylation sites (tertiary alicyclic amines) is 1. The van der Waals surface area contributed by atoms with Crippen LogP contribution < -0.4 is 16.8 Å². The molecule has 1 aromatic heterocycles. The van der Waals surface area contributed by atoms with Gasteiger partial charge in [0.1, 0.15) is 17.3 Å². The fourth-order valence-corrected chi connectivity index (χ4v) is 4.25. The van der Waals surface area contributed by atoms with Crippen LogP contribution in [0, 0.1) is 11.6 Å². The summed E-state index contributed by atoms with van der Waals surface area (Å²) in [7, 11) is 0. The lowest BCUT2D eigenvalue weighted by Gasteiger charge is -2.37. The Kier molecular flexibility index (Phi) is 7.33. The molecule has 184 valence electrons. The van der Waals surface area contributed by atoms with Gasteiger partial charge >= 0.3 is 0 Å². The van der Waals surface area contributed by atoms with E-state index in [9.17, 15) is 13.9 Å². The first-order chi connectivity index (χ1) is 16.8. The summed E-state index contributed by atoms with van der Waals surface area (Å²) in [4.78, 5) is 6.70. The number of nitrogen functional groups attached to an aromatic ring is 1. The van der Waals surface area contributed by atoms with E-state index in [1.165, 1.54) is 24.3 Å². The minimum atomic E-state index is -0.688. The van der Waals surface area contributed by atoms with E-state index in [0.29, 0.717) is 36.6 Å². The van der Waals surface area contributed by atoms with Gasteiger partial charge in [-0.05, 0) is 68.2 Å². The number of nitrogens with one attached hydrogen (secondary N) is 1. The van der Waals surface area contributed by atoms with E-state index in [1.807, 2.05) is 19.1 Å². The molecule has 6 nitrogen and oxygen atoms in total. The third-order valence-corrected chi connectivity index (χ3v) is 6.26. The molecular formula is C27H31F2N5O. The number of aliphatic hydroxyl groups is 1. The van der Waals surface area contributed by atoms with Crippen LogP contribution in [0.3, 0.4) is 0 Å². The predicted molar refractivity (Wildman–Crippen MR) is 136 cm³/mol. The van der Waals surface area contributed by atoms with Crippen molar-refractivity contribution in [1.29, 1.82) is 0 Å². The van der Waals surface area contributed by atoms with Crippen molar-refractivity contribution in [2.45, 2.75) is 38.3 Å². The van der Waals surface area contributed by atoms with Crippen molar-refractivity contribution in [3.8, 4) is 11.3 Å². The number of aliphatic hydroxyl groups excluding tert-OH is 1. The lowest BCUT2D eigenvalue weighted by atomic mass is 10.0. The van der Waals surface area contributed by atoms with Crippen LogP contribution in [-0.2, 0) is 0 Å². The fraction of sp³-hybridized carbons (Fsp3) is 0.296. The monoisotopic (exact) mass is 479 g/mol. The van der Waals surface area contributed by atoms with Gasteiger partial charge < -0.3 is 26.8 Å². The number of hydrogen-bond donors (Lipinski definition) is 4. The zero-order valence-electron chi connectivity index (χ0n) is 19.8. The molecule has 1 aliphatic heterocycles. The van der Waals surface area contributed by atoms with Gasteiger partial charge in [0.25, 0.3) is 0 Å². The Bertz CT molecular complexity index is 1190. The largest absolute Gasteiger partial charge is 0.397 e. The number of hydrogen-bond acceptors (Lipinski definition) is 6. The minimum Gasteiger partial charge on any atom is -0.397 e. The van der Waals surface area contributed by atoms with Crippen molar-refractivity contribution in [3.05, 3.63) is 89.4 Å². The third-order valence-electron chi connectivity index (χ3n) is 6.26. The Morgan fingerprint density at radius 1 is 1.23 bits per heavy atom. The Hall–Kier alpha value is -3.49. The average molecular weight is 480 g/mol. The van der Waals surface area contributed by atoms with Gasteiger partial charge in [0, 0.05) is 19.1 Å². The molecule has 0 bridgehead atoms. The normalized spacial score (nSPS) is 20.6. The summed E-state index contributed by atoms with van der Waals surface area (Å²) in [5, 5.41) is 13.5. The van der Waals surface area contributed by atoms with E-state index >= 15 is 0 Å². The van der Waals surface area contributed by atoms with Gasteiger partial charge in [-0.3, -0.25) is 0 Å². The molecule has 1 saturated carbocycles. The Morgan fingerprint density at radius 2 is 1.94 bits per heavy atom. The van der Waals surface area contributed by atoms with Gasteiger partial charge in [0.05, 0.1) is 40.1 Å². The number of piperidine rings is 1. The highest BCUT2D eigenvalue weighted by molar-refractivity contribution is 5.79. The predicted octanol–water partition coefficient (Wildman–Crippen LogP) is 4.07. The third kappa shape index (κ3) is 5.28. The van der Waals surface area contributed by atoms with Crippen LogP contribution >= 0.6 is 0 Å². The molecule has 0 amide bonds. The second-order valence-electron chi connectivity index (χ2n) is 8.80. The molecule has 0 spiro atoms. The van der Waals surface area contributed by atoms with Gasteiger partial charge in [-0.25, -0.2) is 13.8 Å². The van der Waals surface area contributed by atoms with Crippen LogP contribution in [0.5, 0.6) is 0 Å². The van der Waals surface area contributed by atoms with Crippen molar-refractivity contribution in [3.63, 3.8) is 0 Å². The minimum absolute atomic E-state index is 0.166. The maximum Gasteiger partial charge on any atom is 0.135 e. The fourth-order valence-electron chi connectivity index (χ4n) is 4.25. The van der Waals surface area contributed by atoms with E-state index in [1.54, 1.807) is 12.1 Å².